The molecule has 2 aromatic rings. The third-order valence-corrected chi connectivity index (χ3v) is 5.73. The smallest absolute Gasteiger partial charge is 0.261 e. The van der Waals surface area contributed by atoms with Crippen LogP contribution in [0.1, 0.15) is 31.4 Å². The summed E-state index contributed by atoms with van der Waals surface area (Å²) in [5.74, 6) is -0.307. The Hall–Kier alpha value is -2.57. The fourth-order valence-corrected chi connectivity index (χ4v) is 4.09. The highest BCUT2D eigenvalue weighted by atomic mass is 35.5. The van der Waals surface area contributed by atoms with Crippen LogP contribution in [-0.2, 0) is 14.4 Å². The van der Waals surface area contributed by atoms with E-state index in [1.807, 2.05) is 43.3 Å². The van der Waals surface area contributed by atoms with Crippen LogP contribution in [0.4, 0.5) is 5.69 Å². The van der Waals surface area contributed by atoms with Gasteiger partial charge in [-0.15, -0.1) is 0 Å². The summed E-state index contributed by atoms with van der Waals surface area (Å²) < 4.78 is 5.25. The maximum atomic E-state index is 13.2. The van der Waals surface area contributed by atoms with Gasteiger partial charge in [0.05, 0.1) is 18.8 Å². The molecule has 2 heterocycles. The highest BCUT2D eigenvalue weighted by molar-refractivity contribution is 6.30. The molecule has 0 saturated carbocycles. The Kier molecular flexibility index (Phi) is 5.48. The first-order valence-corrected chi connectivity index (χ1v) is 10.1. The van der Waals surface area contributed by atoms with Crippen LogP contribution in [0.5, 0.6) is 5.75 Å². The lowest BCUT2D eigenvalue weighted by atomic mass is 9.90. The minimum atomic E-state index is -0.817. The van der Waals surface area contributed by atoms with Crippen LogP contribution in [0.25, 0.3) is 0 Å². The topological polar surface area (TPSA) is 59.1 Å². The number of nitrogens with zero attached hydrogens (tertiary/aromatic N) is 2. The van der Waals surface area contributed by atoms with Crippen molar-refractivity contribution in [2.45, 2.75) is 31.9 Å². The molecule has 0 bridgehead atoms. The zero-order valence-corrected chi connectivity index (χ0v) is 17.1. The van der Waals surface area contributed by atoms with E-state index in [9.17, 15) is 9.59 Å². The van der Waals surface area contributed by atoms with Crippen LogP contribution in [0.2, 0.25) is 5.02 Å². The van der Waals surface area contributed by atoms with E-state index in [1.165, 1.54) is 4.90 Å². The summed E-state index contributed by atoms with van der Waals surface area (Å²) in [7, 11) is 1.61. The van der Waals surface area contributed by atoms with E-state index in [2.05, 4.69) is 0 Å². The molecule has 2 aliphatic rings. The number of hydrogen-bond donors (Lipinski definition) is 0. The molecule has 3 atom stereocenters. The molecule has 2 saturated heterocycles. The van der Waals surface area contributed by atoms with Crippen LogP contribution >= 0.6 is 11.6 Å². The van der Waals surface area contributed by atoms with Gasteiger partial charge in [-0.05, 0) is 48.4 Å². The van der Waals surface area contributed by atoms with Crippen molar-refractivity contribution in [3.05, 3.63) is 59.1 Å². The summed E-state index contributed by atoms with van der Waals surface area (Å²) in [5.41, 5.74) is 1.62. The maximum Gasteiger partial charge on any atom is 0.261 e. The number of imide groups is 1. The largest absolute Gasteiger partial charge is 0.497 e. The van der Waals surface area contributed by atoms with Gasteiger partial charge in [-0.3, -0.25) is 19.3 Å². The molecule has 0 aromatic heterocycles. The summed E-state index contributed by atoms with van der Waals surface area (Å²) in [4.78, 5) is 33.5. The average Bonchev–Trinajstić information content (AvgIpc) is 3.24. The monoisotopic (exact) mass is 414 g/mol. The number of hydrogen-bond acceptors (Lipinski definition) is 5. The molecular formula is C22H23ClN2O4. The first kappa shape index (κ1) is 19.7. The van der Waals surface area contributed by atoms with Gasteiger partial charge in [0.15, 0.2) is 6.10 Å². The number of fused-ring (bicyclic) bond motifs is 1. The molecule has 29 heavy (non-hydrogen) atoms. The van der Waals surface area contributed by atoms with E-state index < -0.39 is 18.1 Å². The number of rotatable bonds is 6. The lowest BCUT2D eigenvalue weighted by Crippen LogP contribution is -2.37. The number of ether oxygens (including phenoxy) is 1. The van der Waals surface area contributed by atoms with E-state index in [1.54, 1.807) is 24.3 Å². The summed E-state index contributed by atoms with van der Waals surface area (Å²) in [5, 5.41) is 2.27. The Morgan fingerprint density at radius 2 is 1.72 bits per heavy atom. The van der Waals surface area contributed by atoms with Crippen LogP contribution in [0, 0.1) is 5.92 Å². The van der Waals surface area contributed by atoms with Crippen LogP contribution in [-0.4, -0.2) is 36.5 Å². The molecule has 2 fully saturated rings. The van der Waals surface area contributed by atoms with Crippen LogP contribution in [0.15, 0.2) is 48.5 Å². The second-order valence-corrected chi connectivity index (χ2v) is 7.69. The normalized spacial score (nSPS) is 23.6. The number of methoxy groups -OCH3 is 1. The number of hydroxylamine groups is 1. The summed E-state index contributed by atoms with van der Waals surface area (Å²) in [6, 6.07) is 14.3. The number of carbonyl (C=O) groups excluding carboxylic acids is 2. The highest BCUT2D eigenvalue weighted by Crippen LogP contribution is 2.47. The fraction of sp³-hybridized carbons (Fsp3) is 0.364. The second-order valence-electron chi connectivity index (χ2n) is 7.25. The van der Waals surface area contributed by atoms with Crippen molar-refractivity contribution in [2.24, 2.45) is 5.92 Å². The van der Waals surface area contributed by atoms with Crippen LogP contribution in [0.3, 0.4) is 0 Å². The minimum Gasteiger partial charge on any atom is -0.497 e. The number of benzene rings is 2. The predicted octanol–water partition coefficient (Wildman–Crippen LogP) is 4.00. The maximum absolute atomic E-state index is 13.2. The fourth-order valence-electron chi connectivity index (χ4n) is 3.96. The third kappa shape index (κ3) is 3.47. The lowest BCUT2D eigenvalue weighted by Gasteiger charge is -2.28. The number of carbonyl (C=O) groups is 2. The van der Waals surface area contributed by atoms with Crippen molar-refractivity contribution < 1.29 is 19.2 Å². The van der Waals surface area contributed by atoms with E-state index in [-0.39, 0.29) is 11.8 Å². The number of anilines is 1. The Bertz CT molecular complexity index is 900. The standard InChI is InChI=1S/C22H23ClN2O4/c1-3-4-13-24-21(26)18-19(14-5-11-17(28-2)12-6-14)25(29-20(18)22(24)27)16-9-7-15(23)8-10-16/h5-12,18-20H,3-4,13H2,1-2H3. The van der Waals surface area contributed by atoms with Gasteiger partial charge in [0.25, 0.3) is 5.91 Å². The van der Waals surface area contributed by atoms with E-state index in [0.29, 0.717) is 11.6 Å². The molecule has 4 rings (SSSR count). The molecule has 152 valence electrons. The SMILES string of the molecule is CCCCN1C(=O)C2ON(c3ccc(Cl)cc3)C(c3ccc(OC)cc3)C2C1=O. The quantitative estimate of drug-likeness (QED) is 0.669. The van der Waals surface area contributed by atoms with E-state index in [0.717, 1.165) is 29.8 Å². The van der Waals surface area contributed by atoms with Gasteiger partial charge in [0.1, 0.15) is 11.7 Å². The molecule has 0 radical (unpaired) electrons. The Labute approximate surface area is 174 Å². The molecule has 0 aliphatic carbocycles. The van der Waals surface area contributed by atoms with Gasteiger partial charge in [-0.1, -0.05) is 37.1 Å². The number of likely N-dealkylation sites (tertiary alicyclic amines) is 1. The zero-order chi connectivity index (χ0) is 20.5. The Morgan fingerprint density at radius 3 is 2.34 bits per heavy atom. The van der Waals surface area contributed by atoms with Gasteiger partial charge in [-0.2, -0.15) is 0 Å². The van der Waals surface area contributed by atoms with Crippen molar-refractivity contribution in [1.82, 2.24) is 4.90 Å². The number of halogens is 1. The Balaban J connectivity index is 1.73. The lowest BCUT2D eigenvalue weighted by molar-refractivity contribution is -0.143. The molecule has 3 unspecified atom stereocenters. The molecule has 0 spiro atoms. The van der Waals surface area contributed by atoms with Crippen molar-refractivity contribution in [3.63, 3.8) is 0 Å². The third-order valence-electron chi connectivity index (χ3n) is 5.48. The highest BCUT2D eigenvalue weighted by Gasteiger charge is 2.59. The van der Waals surface area contributed by atoms with Crippen molar-refractivity contribution in [3.8, 4) is 5.75 Å². The first-order chi connectivity index (χ1) is 14.0. The predicted molar refractivity (Wildman–Crippen MR) is 110 cm³/mol. The second kappa shape index (κ2) is 8.05. The Morgan fingerprint density at radius 1 is 1.03 bits per heavy atom. The number of unbranched alkanes of at least 4 members (excludes halogenated alkanes) is 1. The summed E-state index contributed by atoms with van der Waals surface area (Å²) in [6.45, 7) is 2.46. The van der Waals surface area contributed by atoms with Crippen molar-refractivity contribution in [1.29, 1.82) is 0 Å². The van der Waals surface area contributed by atoms with Gasteiger partial charge in [0, 0.05) is 11.6 Å². The summed E-state index contributed by atoms with van der Waals surface area (Å²) in [6.07, 6.45) is 0.874. The minimum absolute atomic E-state index is 0.175. The van der Waals surface area contributed by atoms with E-state index in [4.69, 9.17) is 21.2 Å². The van der Waals surface area contributed by atoms with Gasteiger partial charge < -0.3 is 4.74 Å². The molecular weight excluding hydrogens is 392 g/mol. The van der Waals surface area contributed by atoms with Gasteiger partial charge in [0.2, 0.25) is 5.91 Å². The zero-order valence-electron chi connectivity index (χ0n) is 16.4. The van der Waals surface area contributed by atoms with Crippen LogP contribution < -0.4 is 9.80 Å². The molecule has 0 N–H and O–H groups in total. The average molecular weight is 415 g/mol. The van der Waals surface area contributed by atoms with Crippen molar-refractivity contribution in [2.75, 3.05) is 18.7 Å². The number of amides is 2. The summed E-state index contributed by atoms with van der Waals surface area (Å²) >= 11 is 6.03. The molecule has 2 aliphatic heterocycles. The van der Waals surface area contributed by atoms with Gasteiger partial charge >= 0.3 is 0 Å². The van der Waals surface area contributed by atoms with Gasteiger partial charge in [-0.25, -0.2) is 5.06 Å². The van der Waals surface area contributed by atoms with E-state index >= 15 is 0 Å². The molecule has 6 nitrogen and oxygen atoms in total. The molecule has 2 amide bonds. The first-order valence-electron chi connectivity index (χ1n) is 9.76. The van der Waals surface area contributed by atoms with Crippen molar-refractivity contribution >= 4 is 29.1 Å². The molecule has 7 heteroatoms. The molecule has 2 aromatic carbocycles.